The Morgan fingerprint density at radius 2 is 1.89 bits per heavy atom. The minimum atomic E-state index is -0.00529. The zero-order chi connectivity index (χ0) is 13.8. The maximum absolute atomic E-state index is 11.6. The summed E-state index contributed by atoms with van der Waals surface area (Å²) in [6.07, 6.45) is 1.29. The van der Waals surface area contributed by atoms with E-state index in [0.29, 0.717) is 6.04 Å². The van der Waals surface area contributed by atoms with Crippen molar-refractivity contribution < 1.29 is 9.53 Å². The van der Waals surface area contributed by atoms with Crippen LogP contribution in [0, 0.1) is 5.92 Å². The summed E-state index contributed by atoms with van der Waals surface area (Å²) in [5.41, 5.74) is 1.89. The number of ether oxygens (including phenoxy) is 1. The SMILES string of the molecule is CC(C)C(=O)Nc1ccc(N[C@H]2CCO[C@@H]2C)cc1. The van der Waals surface area contributed by atoms with E-state index in [0.717, 1.165) is 24.4 Å². The highest BCUT2D eigenvalue weighted by atomic mass is 16.5. The lowest BCUT2D eigenvalue weighted by atomic mass is 10.1. The number of nitrogens with one attached hydrogen (secondary N) is 2. The molecule has 1 fully saturated rings. The molecular weight excluding hydrogens is 240 g/mol. The highest BCUT2D eigenvalue weighted by Gasteiger charge is 2.23. The van der Waals surface area contributed by atoms with E-state index in [2.05, 4.69) is 17.6 Å². The summed E-state index contributed by atoms with van der Waals surface area (Å²) in [7, 11) is 0. The van der Waals surface area contributed by atoms with Crippen molar-refractivity contribution in [2.24, 2.45) is 5.92 Å². The Labute approximate surface area is 114 Å². The van der Waals surface area contributed by atoms with Crippen molar-refractivity contribution in [2.45, 2.75) is 39.3 Å². The summed E-state index contributed by atoms with van der Waals surface area (Å²) in [5, 5.41) is 6.34. The number of hydrogen-bond donors (Lipinski definition) is 2. The average Bonchev–Trinajstić information content (AvgIpc) is 2.77. The van der Waals surface area contributed by atoms with Crippen LogP contribution in [0.4, 0.5) is 11.4 Å². The minimum Gasteiger partial charge on any atom is -0.380 e. The van der Waals surface area contributed by atoms with Crippen LogP contribution in [0.2, 0.25) is 0 Å². The van der Waals surface area contributed by atoms with Gasteiger partial charge >= 0.3 is 0 Å². The Kier molecular flexibility index (Phi) is 4.43. The van der Waals surface area contributed by atoms with Crippen molar-refractivity contribution in [3.05, 3.63) is 24.3 Å². The highest BCUT2D eigenvalue weighted by molar-refractivity contribution is 5.92. The first-order valence-corrected chi connectivity index (χ1v) is 6.85. The van der Waals surface area contributed by atoms with E-state index in [1.54, 1.807) is 0 Å². The third-order valence-corrected chi connectivity index (χ3v) is 3.41. The van der Waals surface area contributed by atoms with Crippen molar-refractivity contribution in [1.29, 1.82) is 0 Å². The van der Waals surface area contributed by atoms with Crippen LogP contribution in [0.3, 0.4) is 0 Å². The second-order valence-electron chi connectivity index (χ2n) is 5.34. The second-order valence-corrected chi connectivity index (χ2v) is 5.34. The smallest absolute Gasteiger partial charge is 0.226 e. The Balaban J connectivity index is 1.93. The van der Waals surface area contributed by atoms with Crippen molar-refractivity contribution in [3.8, 4) is 0 Å². The van der Waals surface area contributed by atoms with Gasteiger partial charge in [0.15, 0.2) is 0 Å². The average molecular weight is 262 g/mol. The van der Waals surface area contributed by atoms with Crippen LogP contribution in [0.5, 0.6) is 0 Å². The molecule has 104 valence electrons. The molecule has 0 aromatic heterocycles. The molecule has 0 saturated carbocycles. The van der Waals surface area contributed by atoms with E-state index < -0.39 is 0 Å². The lowest BCUT2D eigenvalue weighted by molar-refractivity contribution is -0.118. The van der Waals surface area contributed by atoms with Crippen molar-refractivity contribution in [1.82, 2.24) is 0 Å². The summed E-state index contributed by atoms with van der Waals surface area (Å²) in [5.74, 6) is 0.0350. The lowest BCUT2D eigenvalue weighted by Gasteiger charge is -2.17. The number of carbonyl (C=O) groups excluding carboxylic acids is 1. The molecule has 2 N–H and O–H groups in total. The first-order valence-electron chi connectivity index (χ1n) is 6.85. The van der Waals surface area contributed by atoms with E-state index in [1.807, 2.05) is 38.1 Å². The monoisotopic (exact) mass is 262 g/mol. The van der Waals surface area contributed by atoms with Gasteiger partial charge in [0, 0.05) is 23.9 Å². The van der Waals surface area contributed by atoms with Gasteiger partial charge in [0.25, 0.3) is 0 Å². The van der Waals surface area contributed by atoms with Crippen LogP contribution in [-0.2, 0) is 9.53 Å². The number of anilines is 2. The van der Waals surface area contributed by atoms with Crippen LogP contribution in [-0.4, -0.2) is 24.7 Å². The number of hydrogen-bond acceptors (Lipinski definition) is 3. The molecule has 1 aromatic carbocycles. The van der Waals surface area contributed by atoms with Crippen molar-refractivity contribution >= 4 is 17.3 Å². The minimum absolute atomic E-state index is 0.00529. The molecule has 0 bridgehead atoms. The Morgan fingerprint density at radius 3 is 2.42 bits per heavy atom. The predicted molar refractivity (Wildman–Crippen MR) is 77.4 cm³/mol. The predicted octanol–water partition coefficient (Wildman–Crippen LogP) is 2.87. The maximum atomic E-state index is 11.6. The third-order valence-electron chi connectivity index (χ3n) is 3.41. The van der Waals surface area contributed by atoms with Gasteiger partial charge in [-0.1, -0.05) is 13.8 Å². The molecule has 19 heavy (non-hydrogen) atoms. The lowest BCUT2D eigenvalue weighted by Crippen LogP contribution is -2.26. The largest absolute Gasteiger partial charge is 0.380 e. The molecular formula is C15H22N2O2. The van der Waals surface area contributed by atoms with Gasteiger partial charge in [-0.3, -0.25) is 4.79 Å². The number of benzene rings is 1. The fourth-order valence-electron chi connectivity index (χ4n) is 2.07. The molecule has 0 spiro atoms. The first kappa shape index (κ1) is 13.9. The zero-order valence-corrected chi connectivity index (χ0v) is 11.8. The number of amides is 1. The van der Waals surface area contributed by atoms with E-state index in [9.17, 15) is 4.79 Å². The second kappa shape index (κ2) is 6.06. The van der Waals surface area contributed by atoms with Gasteiger partial charge in [-0.05, 0) is 37.6 Å². The molecule has 1 heterocycles. The maximum Gasteiger partial charge on any atom is 0.226 e. The molecule has 1 aromatic rings. The standard InChI is InChI=1S/C15H22N2O2/c1-10(2)15(18)17-13-6-4-12(5-7-13)16-14-8-9-19-11(14)3/h4-7,10-11,14,16H,8-9H2,1-3H3,(H,17,18)/t11-,14+/m1/s1. The van der Waals surface area contributed by atoms with Crippen molar-refractivity contribution in [2.75, 3.05) is 17.2 Å². The Hall–Kier alpha value is -1.55. The molecule has 0 radical (unpaired) electrons. The van der Waals surface area contributed by atoms with Gasteiger partial charge in [-0.25, -0.2) is 0 Å². The molecule has 1 aliphatic rings. The molecule has 4 nitrogen and oxygen atoms in total. The molecule has 2 atom stereocenters. The van der Waals surface area contributed by atoms with Crippen LogP contribution < -0.4 is 10.6 Å². The van der Waals surface area contributed by atoms with Crippen LogP contribution in [0.1, 0.15) is 27.2 Å². The van der Waals surface area contributed by atoms with Crippen LogP contribution in [0.15, 0.2) is 24.3 Å². The molecule has 1 saturated heterocycles. The summed E-state index contributed by atoms with van der Waals surface area (Å²) < 4.78 is 5.52. The Morgan fingerprint density at radius 1 is 1.26 bits per heavy atom. The molecule has 4 heteroatoms. The van der Waals surface area contributed by atoms with Gasteiger partial charge in [0.05, 0.1) is 12.1 Å². The summed E-state index contributed by atoms with van der Waals surface area (Å²) >= 11 is 0. The first-order chi connectivity index (χ1) is 9.06. The van der Waals surface area contributed by atoms with Gasteiger partial charge in [0.1, 0.15) is 0 Å². The normalized spacial score (nSPS) is 22.5. The van der Waals surface area contributed by atoms with Crippen molar-refractivity contribution in [3.63, 3.8) is 0 Å². The van der Waals surface area contributed by atoms with Crippen LogP contribution >= 0.6 is 0 Å². The summed E-state index contributed by atoms with van der Waals surface area (Å²) in [6, 6.07) is 8.19. The molecule has 0 unspecified atom stereocenters. The zero-order valence-electron chi connectivity index (χ0n) is 11.8. The number of carbonyl (C=O) groups is 1. The van der Waals surface area contributed by atoms with E-state index in [4.69, 9.17) is 4.74 Å². The topological polar surface area (TPSA) is 50.4 Å². The third kappa shape index (κ3) is 3.70. The molecule has 0 aliphatic carbocycles. The Bertz CT molecular complexity index is 428. The quantitative estimate of drug-likeness (QED) is 0.877. The fourth-order valence-corrected chi connectivity index (χ4v) is 2.07. The van der Waals surface area contributed by atoms with Gasteiger partial charge in [-0.15, -0.1) is 0 Å². The summed E-state index contributed by atoms with van der Waals surface area (Å²) in [6.45, 7) is 6.67. The van der Waals surface area contributed by atoms with Gasteiger partial charge in [0.2, 0.25) is 5.91 Å². The van der Waals surface area contributed by atoms with E-state index >= 15 is 0 Å². The molecule has 1 aliphatic heterocycles. The van der Waals surface area contributed by atoms with Gasteiger partial charge < -0.3 is 15.4 Å². The molecule has 2 rings (SSSR count). The van der Waals surface area contributed by atoms with E-state index in [1.165, 1.54) is 0 Å². The number of rotatable bonds is 4. The van der Waals surface area contributed by atoms with Gasteiger partial charge in [-0.2, -0.15) is 0 Å². The molecule has 1 amide bonds. The van der Waals surface area contributed by atoms with E-state index in [-0.39, 0.29) is 17.9 Å². The summed E-state index contributed by atoms with van der Waals surface area (Å²) in [4.78, 5) is 11.6. The highest BCUT2D eigenvalue weighted by Crippen LogP contribution is 2.20. The van der Waals surface area contributed by atoms with Crippen LogP contribution in [0.25, 0.3) is 0 Å². The fraction of sp³-hybridized carbons (Fsp3) is 0.533.